The lowest BCUT2D eigenvalue weighted by Gasteiger charge is -2.31. The van der Waals surface area contributed by atoms with Crippen LogP contribution >= 0.6 is 0 Å². The fourth-order valence-corrected chi connectivity index (χ4v) is 8.71. The van der Waals surface area contributed by atoms with E-state index in [1.54, 1.807) is 0 Å². The SMILES string of the molecule is CC1(C)c2ccccc2-c2c(N(c3ccc(-c4cccc5ccccc45)cc3)c3cc4ccccc4c4ccccc34)cc3ccccc3c21. The van der Waals surface area contributed by atoms with Gasteiger partial charge in [-0.2, -0.15) is 0 Å². The standard InChI is InChI=1S/C49H35N/c1-49(2)44-25-12-11-23-43(44)47-46(31-35-16-5-8-20-40(35)48(47)49)50(45-30-34-15-4-7-19-39(34)41-21-9-10-22-42(41)45)36-28-26-33(27-29-36)38-24-13-17-32-14-3-6-18-37(32)38/h3-31H,1-2H3. The van der Waals surface area contributed by atoms with Crippen molar-refractivity contribution in [2.45, 2.75) is 19.3 Å². The van der Waals surface area contributed by atoms with Gasteiger partial charge in [0.2, 0.25) is 0 Å². The highest BCUT2D eigenvalue weighted by Gasteiger charge is 2.39. The van der Waals surface area contributed by atoms with Gasteiger partial charge in [-0.3, -0.25) is 0 Å². The molecule has 0 radical (unpaired) electrons. The van der Waals surface area contributed by atoms with Gasteiger partial charge >= 0.3 is 0 Å². The molecule has 9 aromatic carbocycles. The molecule has 1 aliphatic rings. The highest BCUT2D eigenvalue weighted by molar-refractivity contribution is 6.16. The molecule has 9 aromatic rings. The van der Waals surface area contributed by atoms with E-state index in [1.807, 2.05) is 0 Å². The number of benzene rings is 9. The van der Waals surface area contributed by atoms with Gasteiger partial charge in [0.25, 0.3) is 0 Å². The number of fused-ring (bicyclic) bond motifs is 9. The summed E-state index contributed by atoms with van der Waals surface area (Å²) in [5.41, 5.74) is 11.2. The Balaban J connectivity index is 1.30. The molecule has 1 nitrogen and oxygen atoms in total. The van der Waals surface area contributed by atoms with Crippen molar-refractivity contribution in [2.75, 3.05) is 4.90 Å². The number of hydrogen-bond acceptors (Lipinski definition) is 1. The van der Waals surface area contributed by atoms with Gasteiger partial charge in [-0.25, -0.2) is 0 Å². The van der Waals surface area contributed by atoms with Gasteiger partial charge in [0, 0.05) is 22.1 Å². The zero-order valence-corrected chi connectivity index (χ0v) is 28.2. The fourth-order valence-electron chi connectivity index (χ4n) is 8.71. The molecular formula is C49H35N. The summed E-state index contributed by atoms with van der Waals surface area (Å²) in [6.07, 6.45) is 0. The Labute approximate surface area is 292 Å². The Morgan fingerprint density at radius 3 is 1.72 bits per heavy atom. The number of rotatable bonds is 4. The lowest BCUT2D eigenvalue weighted by Crippen LogP contribution is -2.17. The lowest BCUT2D eigenvalue weighted by atomic mass is 9.80. The average molecular weight is 638 g/mol. The molecule has 0 bridgehead atoms. The van der Waals surface area contributed by atoms with Crippen LogP contribution in [-0.2, 0) is 5.41 Å². The topological polar surface area (TPSA) is 3.24 Å². The second-order valence-electron chi connectivity index (χ2n) is 14.1. The van der Waals surface area contributed by atoms with E-state index in [9.17, 15) is 0 Å². The summed E-state index contributed by atoms with van der Waals surface area (Å²) in [4.78, 5) is 2.53. The molecule has 1 heteroatoms. The summed E-state index contributed by atoms with van der Waals surface area (Å²) in [5.74, 6) is 0. The predicted octanol–water partition coefficient (Wildman–Crippen LogP) is 13.7. The first-order valence-electron chi connectivity index (χ1n) is 17.5. The van der Waals surface area contributed by atoms with Crippen LogP contribution in [0.25, 0.3) is 65.3 Å². The Bertz CT molecular complexity index is 2780. The van der Waals surface area contributed by atoms with E-state index < -0.39 is 0 Å². The van der Waals surface area contributed by atoms with Crippen LogP contribution in [0.3, 0.4) is 0 Å². The Hall–Kier alpha value is -6.18. The summed E-state index contributed by atoms with van der Waals surface area (Å²) in [7, 11) is 0. The van der Waals surface area contributed by atoms with E-state index in [2.05, 4.69) is 195 Å². The molecule has 0 aliphatic heterocycles. The maximum Gasteiger partial charge on any atom is 0.0549 e. The Morgan fingerprint density at radius 2 is 0.940 bits per heavy atom. The van der Waals surface area contributed by atoms with Gasteiger partial charge in [0.05, 0.1) is 11.4 Å². The van der Waals surface area contributed by atoms with Crippen molar-refractivity contribution in [3.63, 3.8) is 0 Å². The third-order valence-corrected chi connectivity index (χ3v) is 11.0. The average Bonchev–Trinajstić information content (AvgIpc) is 3.42. The van der Waals surface area contributed by atoms with Crippen molar-refractivity contribution in [3.05, 3.63) is 187 Å². The molecule has 0 N–H and O–H groups in total. The van der Waals surface area contributed by atoms with Gasteiger partial charge in [0.1, 0.15) is 0 Å². The van der Waals surface area contributed by atoms with Crippen molar-refractivity contribution in [2.24, 2.45) is 0 Å². The van der Waals surface area contributed by atoms with Gasteiger partial charge in [-0.1, -0.05) is 166 Å². The van der Waals surface area contributed by atoms with Crippen LogP contribution in [0.2, 0.25) is 0 Å². The molecule has 1 aliphatic carbocycles. The van der Waals surface area contributed by atoms with E-state index in [4.69, 9.17) is 0 Å². The van der Waals surface area contributed by atoms with E-state index in [-0.39, 0.29) is 5.41 Å². The summed E-state index contributed by atoms with van der Waals surface area (Å²) < 4.78 is 0. The van der Waals surface area contributed by atoms with E-state index in [0.717, 1.165) is 5.69 Å². The zero-order chi connectivity index (χ0) is 33.4. The number of hydrogen-bond donors (Lipinski definition) is 0. The van der Waals surface area contributed by atoms with E-state index in [0.29, 0.717) is 0 Å². The largest absolute Gasteiger partial charge is 0.309 e. The predicted molar refractivity (Wildman–Crippen MR) is 214 cm³/mol. The Kier molecular flexibility index (Phi) is 6.29. The molecule has 10 rings (SSSR count). The highest BCUT2D eigenvalue weighted by atomic mass is 15.1. The molecule has 0 saturated carbocycles. The lowest BCUT2D eigenvalue weighted by molar-refractivity contribution is 0.666. The van der Waals surface area contributed by atoms with Crippen molar-refractivity contribution < 1.29 is 0 Å². The molecule has 0 unspecified atom stereocenters. The minimum Gasteiger partial charge on any atom is -0.309 e. The van der Waals surface area contributed by atoms with Crippen molar-refractivity contribution in [3.8, 4) is 22.3 Å². The summed E-state index contributed by atoms with van der Waals surface area (Å²) >= 11 is 0. The third-order valence-electron chi connectivity index (χ3n) is 11.0. The number of anilines is 3. The van der Waals surface area contributed by atoms with Crippen LogP contribution in [-0.4, -0.2) is 0 Å². The molecule has 0 atom stereocenters. The van der Waals surface area contributed by atoms with Crippen LogP contribution in [0.15, 0.2) is 176 Å². The fraction of sp³-hybridized carbons (Fsp3) is 0.0612. The monoisotopic (exact) mass is 637 g/mol. The number of nitrogens with zero attached hydrogens (tertiary/aromatic N) is 1. The maximum absolute atomic E-state index is 2.53. The molecule has 50 heavy (non-hydrogen) atoms. The van der Waals surface area contributed by atoms with Crippen molar-refractivity contribution >= 4 is 60.2 Å². The van der Waals surface area contributed by atoms with Crippen LogP contribution in [0.1, 0.15) is 25.0 Å². The molecule has 0 spiro atoms. The van der Waals surface area contributed by atoms with E-state index >= 15 is 0 Å². The van der Waals surface area contributed by atoms with Crippen LogP contribution in [0.5, 0.6) is 0 Å². The minimum atomic E-state index is -0.156. The first-order valence-corrected chi connectivity index (χ1v) is 17.5. The van der Waals surface area contributed by atoms with Crippen molar-refractivity contribution in [1.29, 1.82) is 0 Å². The van der Waals surface area contributed by atoms with Gasteiger partial charge in [-0.05, 0) is 89.8 Å². The molecule has 0 fully saturated rings. The zero-order valence-electron chi connectivity index (χ0n) is 28.2. The molecular weight excluding hydrogens is 603 g/mol. The molecule has 0 saturated heterocycles. The quantitative estimate of drug-likeness (QED) is 0.174. The van der Waals surface area contributed by atoms with Crippen LogP contribution in [0.4, 0.5) is 17.1 Å². The summed E-state index contributed by atoms with van der Waals surface area (Å²) in [6, 6.07) is 64.9. The van der Waals surface area contributed by atoms with Crippen molar-refractivity contribution in [1.82, 2.24) is 0 Å². The second-order valence-corrected chi connectivity index (χ2v) is 14.1. The van der Waals surface area contributed by atoms with Gasteiger partial charge < -0.3 is 4.90 Å². The molecule has 236 valence electrons. The summed E-state index contributed by atoms with van der Waals surface area (Å²) in [6.45, 7) is 4.78. The van der Waals surface area contributed by atoms with Crippen LogP contribution in [0, 0.1) is 0 Å². The third kappa shape index (κ3) is 4.20. The van der Waals surface area contributed by atoms with Gasteiger partial charge in [-0.15, -0.1) is 0 Å². The highest BCUT2D eigenvalue weighted by Crippen LogP contribution is 2.57. The summed E-state index contributed by atoms with van der Waals surface area (Å²) in [5, 5.41) is 10.1. The minimum absolute atomic E-state index is 0.156. The van der Waals surface area contributed by atoms with Crippen LogP contribution < -0.4 is 4.90 Å². The first kappa shape index (κ1) is 28.8. The van der Waals surface area contributed by atoms with Gasteiger partial charge in [0.15, 0.2) is 0 Å². The molecule has 0 amide bonds. The smallest absolute Gasteiger partial charge is 0.0549 e. The molecule has 0 aromatic heterocycles. The van der Waals surface area contributed by atoms with E-state index in [1.165, 1.54) is 87.8 Å². The first-order chi connectivity index (χ1) is 24.6. The second kappa shape index (κ2) is 10.9. The maximum atomic E-state index is 2.53. The normalized spacial score (nSPS) is 13.2. The Morgan fingerprint density at radius 1 is 0.400 bits per heavy atom. The molecule has 0 heterocycles.